The Bertz CT molecular complexity index is 1060. The zero-order valence-electron chi connectivity index (χ0n) is 16.5. The van der Waals surface area contributed by atoms with Crippen LogP contribution in [0.4, 0.5) is 4.39 Å². The van der Waals surface area contributed by atoms with Gasteiger partial charge in [0.2, 0.25) is 0 Å². The molecule has 146 valence electrons. The van der Waals surface area contributed by atoms with E-state index in [1.807, 2.05) is 33.0 Å². The van der Waals surface area contributed by atoms with Gasteiger partial charge in [-0.25, -0.2) is 4.39 Å². The number of nitrogens with zero attached hydrogens (tertiary/aromatic N) is 2. The maximum absolute atomic E-state index is 14.0. The second-order valence-corrected chi connectivity index (χ2v) is 7.08. The van der Waals surface area contributed by atoms with Gasteiger partial charge in [0.15, 0.2) is 6.29 Å². The molecule has 1 aliphatic heterocycles. The molecule has 2 aromatic carbocycles. The van der Waals surface area contributed by atoms with Crippen LogP contribution in [0.2, 0.25) is 0 Å². The van der Waals surface area contributed by atoms with Crippen LogP contribution in [0.15, 0.2) is 36.4 Å². The molecule has 7 heteroatoms. The lowest BCUT2D eigenvalue weighted by Gasteiger charge is -2.33. The molecule has 0 saturated carbocycles. The smallest absolute Gasteiger partial charge is 0.254 e. The molecule has 1 aliphatic rings. The fourth-order valence-corrected chi connectivity index (χ4v) is 3.43. The minimum absolute atomic E-state index is 0.114. The molecule has 0 fully saturated rings. The van der Waals surface area contributed by atoms with E-state index in [9.17, 15) is 14.0 Å². The van der Waals surface area contributed by atoms with Gasteiger partial charge in [-0.3, -0.25) is 9.59 Å². The number of aryl methyl sites for hydroxylation is 1. The molecule has 29 heavy (non-hydrogen) atoms. The normalized spacial score (nSPS) is 15.9. The van der Waals surface area contributed by atoms with Crippen LogP contribution in [0.3, 0.4) is 0 Å². The van der Waals surface area contributed by atoms with Gasteiger partial charge in [0.05, 0.1) is 24.8 Å². The summed E-state index contributed by atoms with van der Waals surface area (Å²) < 4.78 is 19.5. The van der Waals surface area contributed by atoms with Gasteiger partial charge >= 0.3 is 0 Å². The Morgan fingerprint density at radius 3 is 2.79 bits per heavy atom. The van der Waals surface area contributed by atoms with E-state index < -0.39 is 17.8 Å². The van der Waals surface area contributed by atoms with Crippen molar-refractivity contribution >= 4 is 31.1 Å². The molecule has 0 bridgehead atoms. The van der Waals surface area contributed by atoms with E-state index in [1.54, 1.807) is 13.1 Å². The second-order valence-electron chi connectivity index (χ2n) is 7.08. The van der Waals surface area contributed by atoms with Crippen LogP contribution in [0.25, 0.3) is 5.57 Å². The number of aldehydes is 1. The van der Waals surface area contributed by atoms with Crippen molar-refractivity contribution in [3.8, 4) is 6.07 Å². The summed E-state index contributed by atoms with van der Waals surface area (Å²) in [5, 5.41) is 8.88. The van der Waals surface area contributed by atoms with Gasteiger partial charge in [-0.05, 0) is 42.3 Å². The van der Waals surface area contributed by atoms with Crippen molar-refractivity contribution in [3.05, 3.63) is 70.0 Å². The number of benzene rings is 2. The number of ether oxygens (including phenoxy) is 1. The van der Waals surface area contributed by atoms with Crippen LogP contribution < -0.4 is 5.46 Å². The Hall–Kier alpha value is -3.24. The Balaban J connectivity index is 1.98. The molecule has 0 radical (unpaired) electrons. The van der Waals surface area contributed by atoms with Gasteiger partial charge in [-0.1, -0.05) is 23.2 Å². The lowest BCUT2D eigenvalue weighted by atomic mass is 9.83. The number of halogens is 1. The zero-order valence-corrected chi connectivity index (χ0v) is 16.5. The number of hydrogen-bond donors (Lipinski definition) is 0. The highest BCUT2D eigenvalue weighted by Gasteiger charge is 2.29. The topological polar surface area (TPSA) is 70.4 Å². The van der Waals surface area contributed by atoms with E-state index in [0.717, 1.165) is 34.5 Å². The van der Waals surface area contributed by atoms with Crippen molar-refractivity contribution in [2.24, 2.45) is 0 Å². The van der Waals surface area contributed by atoms with E-state index in [-0.39, 0.29) is 17.7 Å². The minimum atomic E-state index is -0.736. The molecule has 3 rings (SSSR count). The van der Waals surface area contributed by atoms with E-state index >= 15 is 0 Å². The van der Waals surface area contributed by atoms with Gasteiger partial charge in [0, 0.05) is 18.2 Å². The number of nitriles is 1. The third-order valence-corrected chi connectivity index (χ3v) is 5.28. The molecule has 1 heterocycles. The summed E-state index contributed by atoms with van der Waals surface area (Å²) in [7, 11) is 3.59. The van der Waals surface area contributed by atoms with Crippen LogP contribution in [-0.2, 0) is 4.74 Å². The Labute approximate surface area is 169 Å². The Morgan fingerprint density at radius 1 is 1.38 bits per heavy atom. The van der Waals surface area contributed by atoms with Crippen molar-refractivity contribution < 1.29 is 18.7 Å². The first-order valence-electron chi connectivity index (χ1n) is 9.18. The summed E-state index contributed by atoms with van der Waals surface area (Å²) in [5.74, 6) is -1.13. The van der Waals surface area contributed by atoms with Crippen LogP contribution in [0.1, 0.15) is 37.4 Å². The maximum Gasteiger partial charge on any atom is 0.254 e. The second kappa shape index (κ2) is 8.42. The Kier molecular flexibility index (Phi) is 5.95. The van der Waals surface area contributed by atoms with Crippen LogP contribution in [0, 0.1) is 24.1 Å². The lowest BCUT2D eigenvalue weighted by Crippen LogP contribution is -2.43. The van der Waals surface area contributed by atoms with Crippen molar-refractivity contribution in [2.45, 2.75) is 13.0 Å². The van der Waals surface area contributed by atoms with Gasteiger partial charge < -0.3 is 9.64 Å². The fourth-order valence-electron chi connectivity index (χ4n) is 3.43. The summed E-state index contributed by atoms with van der Waals surface area (Å²) >= 11 is 0. The Morgan fingerprint density at radius 2 is 2.14 bits per heavy atom. The van der Waals surface area contributed by atoms with Crippen molar-refractivity contribution in [1.82, 2.24) is 4.90 Å². The third-order valence-electron chi connectivity index (χ3n) is 5.28. The molecule has 1 unspecified atom stereocenters. The quantitative estimate of drug-likeness (QED) is 0.588. The number of amides is 1. The van der Waals surface area contributed by atoms with E-state index in [4.69, 9.17) is 10.00 Å². The maximum atomic E-state index is 14.0. The summed E-state index contributed by atoms with van der Waals surface area (Å²) in [6, 6.07) is 8.88. The first-order chi connectivity index (χ1) is 13.9. The molecular formula is C22H20BFN2O3. The molecule has 2 aromatic rings. The number of carbonyl (C=O) groups is 2. The highest BCUT2D eigenvalue weighted by molar-refractivity contribution is 6.33. The fraction of sp³-hybridized carbons (Fsp3) is 0.227. The zero-order chi connectivity index (χ0) is 21.1. The highest BCUT2D eigenvalue weighted by Crippen LogP contribution is 2.28. The molecular weight excluding hydrogens is 370 g/mol. The van der Waals surface area contributed by atoms with Crippen molar-refractivity contribution in [3.63, 3.8) is 0 Å². The third kappa shape index (κ3) is 3.98. The molecule has 0 aromatic heterocycles. The van der Waals surface area contributed by atoms with E-state index in [1.165, 1.54) is 17.0 Å². The first-order valence-corrected chi connectivity index (χ1v) is 9.18. The average molecular weight is 390 g/mol. The average Bonchev–Trinajstić information content (AvgIpc) is 2.74. The summed E-state index contributed by atoms with van der Waals surface area (Å²) in [4.78, 5) is 26.1. The standard InChI is InChI=1S/C22H20BFN2O3/c1-13-7-16(11-27)18(9-19(13)23)17-5-6-29-12-21(17)26(2)22(28)14-3-4-15(10-25)20(24)8-14/h3-5,7-9,11,21H,6,12,23H2,1-2H3. The molecule has 1 amide bonds. The van der Waals surface area contributed by atoms with Crippen LogP contribution in [0.5, 0.6) is 0 Å². The van der Waals surface area contributed by atoms with Crippen LogP contribution in [-0.4, -0.2) is 51.2 Å². The number of likely N-dealkylation sites (N-methyl/N-ethyl adjacent to an activating group) is 1. The first kappa shape index (κ1) is 20.5. The number of rotatable bonds is 4. The summed E-state index contributed by atoms with van der Waals surface area (Å²) in [6.45, 7) is 2.58. The molecule has 0 spiro atoms. The molecule has 0 N–H and O–H groups in total. The number of hydrogen-bond acceptors (Lipinski definition) is 4. The van der Waals surface area contributed by atoms with Gasteiger partial charge in [0.25, 0.3) is 5.91 Å². The summed E-state index contributed by atoms with van der Waals surface area (Å²) in [5.41, 5.74) is 4.23. The van der Waals surface area contributed by atoms with Gasteiger partial charge in [0.1, 0.15) is 19.7 Å². The van der Waals surface area contributed by atoms with Crippen molar-refractivity contribution in [2.75, 3.05) is 20.3 Å². The lowest BCUT2D eigenvalue weighted by molar-refractivity contribution is 0.0620. The van der Waals surface area contributed by atoms with E-state index in [2.05, 4.69) is 0 Å². The molecule has 0 saturated heterocycles. The SMILES string of the molecule is Bc1cc(C2=CCOCC2N(C)C(=O)c2ccc(C#N)c(F)c2)c(C=O)cc1C. The van der Waals surface area contributed by atoms with Crippen LogP contribution >= 0.6 is 0 Å². The van der Waals surface area contributed by atoms with E-state index in [0.29, 0.717) is 12.2 Å². The molecule has 1 atom stereocenters. The summed E-state index contributed by atoms with van der Waals surface area (Å²) in [6.07, 6.45) is 2.68. The predicted octanol–water partition coefficient (Wildman–Crippen LogP) is 1.63. The number of carbonyl (C=O) groups excluding carboxylic acids is 2. The predicted molar refractivity (Wildman–Crippen MR) is 111 cm³/mol. The van der Waals surface area contributed by atoms with Crippen molar-refractivity contribution in [1.29, 1.82) is 5.26 Å². The minimum Gasteiger partial charge on any atom is -0.375 e. The van der Waals surface area contributed by atoms with Gasteiger partial charge in [-0.2, -0.15) is 5.26 Å². The highest BCUT2D eigenvalue weighted by atomic mass is 19.1. The molecule has 5 nitrogen and oxygen atoms in total. The molecule has 0 aliphatic carbocycles. The van der Waals surface area contributed by atoms with Gasteiger partial charge in [-0.15, -0.1) is 0 Å². The monoisotopic (exact) mass is 390 g/mol. The largest absolute Gasteiger partial charge is 0.375 e.